The van der Waals surface area contributed by atoms with Crippen LogP contribution in [-0.4, -0.2) is 229 Å². The smallest absolute Gasteiger partial charge is 0.187 e. The van der Waals surface area contributed by atoms with Gasteiger partial charge in [-0.25, -0.2) is 0 Å². The first-order valence-electron chi connectivity index (χ1n) is 27.3. The maximum Gasteiger partial charge on any atom is 0.187 e. The molecule has 0 radical (unpaired) electrons. The number of allylic oxidation sites excluding steroid dienone is 2. The molecule has 0 unspecified atom stereocenters. The van der Waals surface area contributed by atoms with E-state index in [1.54, 1.807) is 7.11 Å². The van der Waals surface area contributed by atoms with Crippen molar-refractivity contribution in [2.45, 2.75) is 240 Å². The summed E-state index contributed by atoms with van der Waals surface area (Å²) in [4.78, 5) is 0. The van der Waals surface area contributed by atoms with Crippen LogP contribution in [0.4, 0.5) is 0 Å². The van der Waals surface area contributed by atoms with E-state index in [-0.39, 0.29) is 35.4 Å². The van der Waals surface area contributed by atoms with E-state index in [0.29, 0.717) is 37.0 Å². The van der Waals surface area contributed by atoms with Gasteiger partial charge < -0.3 is 109 Å². The molecule has 0 spiro atoms. The topological polar surface area (TPSA) is 335 Å². The Morgan fingerprint density at radius 1 is 0.667 bits per heavy atom. The molecular formula is C53H86O22. The standard InChI is InChI=1S/C53H86O22/c1-22(21-67-47-40(62)39(61)36(58)31(19-54)72-47)9-8-10-33-53(6,66-7)46-30(71-33)18-29-27-12-11-25-17-26(13-15-51(25,4)28(27)14-16-52(29,46)5)70-50-45(75-49-42(64)38(60)35(57)24(3)69-49)43(65)44(32(20-55)73-50)74-48-41(63)37(59)34(56)23(2)68-48/h10-11,22-24,26-32,34-50,54-65H,8-9,12-21H2,1-7H3/b33-10+/t22-,23+,24+,26+,27-,28+,29+,30+,31-,32-,34+,35+,36-,37-,38-,39+,40-,41-,42-,43+,44-,45-,46+,47-,48+,49+,50-,51+,52+,53+/m1/s1. The van der Waals surface area contributed by atoms with Gasteiger partial charge in [0.1, 0.15) is 103 Å². The van der Waals surface area contributed by atoms with E-state index in [4.69, 9.17) is 47.4 Å². The molecule has 5 heterocycles. The van der Waals surface area contributed by atoms with E-state index in [0.717, 1.165) is 44.3 Å². The zero-order chi connectivity index (χ0) is 54.2. The van der Waals surface area contributed by atoms with Crippen molar-refractivity contribution >= 4 is 0 Å². The van der Waals surface area contributed by atoms with Gasteiger partial charge in [0.25, 0.3) is 0 Å². The average Bonchev–Trinajstić information content (AvgIpc) is 3.86. The summed E-state index contributed by atoms with van der Waals surface area (Å²) >= 11 is 0. The Labute approximate surface area is 438 Å². The summed E-state index contributed by atoms with van der Waals surface area (Å²) < 4.78 is 61.4. The molecule has 0 amide bonds. The number of aliphatic hydroxyl groups excluding tert-OH is 12. The Hall–Kier alpha value is -1.56. The Kier molecular flexibility index (Phi) is 17.6. The first-order valence-corrected chi connectivity index (χ1v) is 27.3. The third kappa shape index (κ3) is 10.5. The molecule has 9 rings (SSSR count). The summed E-state index contributed by atoms with van der Waals surface area (Å²) in [5, 5.41) is 127. The minimum absolute atomic E-state index is 0.0158. The Balaban J connectivity index is 0.855. The fourth-order valence-corrected chi connectivity index (χ4v) is 15.0. The molecule has 3 saturated carbocycles. The summed E-state index contributed by atoms with van der Waals surface area (Å²) in [6.07, 6.45) is -17.3. The number of methoxy groups -OCH3 is 1. The molecule has 75 heavy (non-hydrogen) atoms. The van der Waals surface area contributed by atoms with Crippen LogP contribution in [0.5, 0.6) is 0 Å². The molecule has 5 saturated heterocycles. The highest BCUT2D eigenvalue weighted by molar-refractivity contribution is 5.30. The largest absolute Gasteiger partial charge is 0.492 e. The van der Waals surface area contributed by atoms with Crippen molar-refractivity contribution in [3.63, 3.8) is 0 Å². The number of hydrogen-bond donors (Lipinski definition) is 12. The van der Waals surface area contributed by atoms with Gasteiger partial charge in [-0.05, 0) is 119 Å². The third-order valence-corrected chi connectivity index (χ3v) is 19.6. The van der Waals surface area contributed by atoms with E-state index < -0.39 is 148 Å². The quantitative estimate of drug-likeness (QED) is 0.0874. The van der Waals surface area contributed by atoms with Crippen molar-refractivity contribution in [2.24, 2.45) is 40.4 Å². The lowest BCUT2D eigenvalue weighted by Crippen LogP contribution is -2.66. The third-order valence-electron chi connectivity index (χ3n) is 19.6. The molecule has 9 aliphatic rings. The normalized spacial score (nSPS) is 53.8. The van der Waals surface area contributed by atoms with Crippen LogP contribution in [-0.2, 0) is 47.4 Å². The molecule has 12 N–H and O–H groups in total. The zero-order valence-corrected chi connectivity index (χ0v) is 44.2. The van der Waals surface area contributed by atoms with Crippen LogP contribution in [0.2, 0.25) is 0 Å². The maximum absolute atomic E-state index is 12.1. The molecule has 0 bridgehead atoms. The summed E-state index contributed by atoms with van der Waals surface area (Å²) in [6, 6.07) is 0. The van der Waals surface area contributed by atoms with Gasteiger partial charge in [-0.2, -0.15) is 0 Å². The lowest BCUT2D eigenvalue weighted by molar-refractivity contribution is -0.388. The number of fused-ring (bicyclic) bond motifs is 7. The second-order valence-corrected chi connectivity index (χ2v) is 24.0. The van der Waals surface area contributed by atoms with Crippen molar-refractivity contribution < 1.29 is 109 Å². The van der Waals surface area contributed by atoms with Gasteiger partial charge >= 0.3 is 0 Å². The monoisotopic (exact) mass is 1070 g/mol. The van der Waals surface area contributed by atoms with Gasteiger partial charge in [0.15, 0.2) is 25.2 Å². The van der Waals surface area contributed by atoms with Crippen molar-refractivity contribution in [2.75, 3.05) is 26.9 Å². The summed E-state index contributed by atoms with van der Waals surface area (Å²) in [5.41, 5.74) is 0.462. The number of rotatable bonds is 15. The minimum atomic E-state index is -1.74. The van der Waals surface area contributed by atoms with E-state index in [1.807, 2.05) is 6.92 Å². The van der Waals surface area contributed by atoms with E-state index in [1.165, 1.54) is 19.4 Å². The van der Waals surface area contributed by atoms with Crippen LogP contribution in [0.15, 0.2) is 23.5 Å². The molecule has 4 aliphatic carbocycles. The first kappa shape index (κ1) is 58.1. The molecule has 5 aliphatic heterocycles. The fraction of sp³-hybridized carbons (Fsp3) is 0.925. The lowest BCUT2D eigenvalue weighted by Gasteiger charge is -2.59. The zero-order valence-electron chi connectivity index (χ0n) is 44.2. The van der Waals surface area contributed by atoms with Gasteiger partial charge in [0.2, 0.25) is 0 Å². The van der Waals surface area contributed by atoms with Crippen LogP contribution in [0.25, 0.3) is 0 Å². The van der Waals surface area contributed by atoms with Crippen LogP contribution in [0.1, 0.15) is 99.3 Å². The number of hydrogen-bond acceptors (Lipinski definition) is 22. The molecular weight excluding hydrogens is 989 g/mol. The summed E-state index contributed by atoms with van der Waals surface area (Å²) in [5.74, 6) is 2.23. The molecule has 22 heteroatoms. The van der Waals surface area contributed by atoms with Crippen LogP contribution < -0.4 is 0 Å². The predicted octanol–water partition coefficient (Wildman–Crippen LogP) is -1.02. The van der Waals surface area contributed by atoms with Gasteiger partial charge in [-0.15, -0.1) is 0 Å². The molecule has 22 nitrogen and oxygen atoms in total. The van der Waals surface area contributed by atoms with Crippen molar-refractivity contribution in [1.29, 1.82) is 0 Å². The van der Waals surface area contributed by atoms with Crippen molar-refractivity contribution in [1.82, 2.24) is 0 Å². The summed E-state index contributed by atoms with van der Waals surface area (Å²) in [7, 11) is 1.76. The van der Waals surface area contributed by atoms with Crippen molar-refractivity contribution in [3.05, 3.63) is 23.5 Å². The molecule has 430 valence electrons. The lowest BCUT2D eigenvalue weighted by atomic mass is 9.46. The highest BCUT2D eigenvalue weighted by Crippen LogP contribution is 2.70. The molecule has 0 aromatic heterocycles. The highest BCUT2D eigenvalue weighted by atomic mass is 16.8. The second-order valence-electron chi connectivity index (χ2n) is 24.0. The van der Waals surface area contributed by atoms with Crippen LogP contribution in [0.3, 0.4) is 0 Å². The van der Waals surface area contributed by atoms with Crippen molar-refractivity contribution in [3.8, 4) is 0 Å². The number of ether oxygens (including phenoxy) is 10. The summed E-state index contributed by atoms with van der Waals surface area (Å²) in [6.45, 7) is 11.0. The average molecular weight is 1080 g/mol. The van der Waals surface area contributed by atoms with Gasteiger partial charge in [0.05, 0.1) is 38.1 Å². The van der Waals surface area contributed by atoms with Crippen LogP contribution in [0, 0.1) is 40.4 Å². The first-order chi connectivity index (χ1) is 35.5. The van der Waals surface area contributed by atoms with E-state index >= 15 is 0 Å². The minimum Gasteiger partial charge on any atom is -0.492 e. The van der Waals surface area contributed by atoms with E-state index in [2.05, 4.69) is 32.9 Å². The fourth-order valence-electron chi connectivity index (χ4n) is 15.0. The Morgan fingerprint density at radius 2 is 1.27 bits per heavy atom. The maximum atomic E-state index is 12.1. The molecule has 30 atom stereocenters. The van der Waals surface area contributed by atoms with Crippen LogP contribution >= 0.6 is 0 Å². The Bertz CT molecular complexity index is 2000. The van der Waals surface area contributed by atoms with Gasteiger partial charge in [0, 0.05) is 13.0 Å². The highest BCUT2D eigenvalue weighted by Gasteiger charge is 2.69. The predicted molar refractivity (Wildman–Crippen MR) is 258 cm³/mol. The van der Waals surface area contributed by atoms with E-state index in [9.17, 15) is 61.3 Å². The van der Waals surface area contributed by atoms with Gasteiger partial charge in [-0.1, -0.05) is 32.4 Å². The second kappa shape index (κ2) is 22.8. The number of aliphatic hydroxyl groups is 12. The SMILES string of the molecule is CO[C@@]1(C)/C(=C\CC[C@@H](C)CO[C@@H]2O[C@H](CO)[C@@H](O)[C@H](O)[C@H]2O)O[C@H]2C[C@H]3[C@@H]4CC=C5C[C@@H](O[C@@H]6O[C@H](CO)[C@@H](O[C@@H]7O[C@@H](C)[C@H](O)[C@@H](O)[C@H]7O)[C@H](O)[C@H]6O[C@@H]6O[C@@H](C)[C@H](O)[C@@H](O)[C@H]6O)CC[C@]5(C)[C@H]4CC[C@]3(C)[C@H]21. The molecule has 0 aromatic carbocycles. The molecule has 8 fully saturated rings. The molecule has 0 aromatic rings. The van der Waals surface area contributed by atoms with Gasteiger partial charge in [-0.3, -0.25) is 0 Å². The Morgan fingerprint density at radius 3 is 1.89 bits per heavy atom.